The highest BCUT2D eigenvalue weighted by Crippen LogP contribution is 2.48. The number of ether oxygens (including phenoxy) is 2. The first kappa shape index (κ1) is 19.4. The molecule has 0 unspecified atom stereocenters. The van der Waals surface area contributed by atoms with Gasteiger partial charge in [-0.15, -0.1) is 0 Å². The van der Waals surface area contributed by atoms with Crippen LogP contribution in [0.1, 0.15) is 42.8 Å². The molecule has 0 bridgehead atoms. The summed E-state index contributed by atoms with van der Waals surface area (Å²) in [5, 5.41) is 0. The normalized spacial score (nSPS) is 33.1. The maximum atomic E-state index is 5.95. The Kier molecular flexibility index (Phi) is 5.93. The number of hydrogen-bond acceptors (Lipinski definition) is 5. The highest BCUT2D eigenvalue weighted by molar-refractivity contribution is 5.18. The molecule has 1 aromatic rings. The number of fused-ring (bicyclic) bond motifs is 1. The smallest absolute Gasteiger partial charge is 0.118 e. The second-order valence-corrected chi connectivity index (χ2v) is 9.02. The lowest BCUT2D eigenvalue weighted by atomic mass is 9.62. The molecule has 152 valence electrons. The van der Waals surface area contributed by atoms with E-state index in [0.29, 0.717) is 5.41 Å². The maximum absolute atomic E-state index is 5.95. The van der Waals surface area contributed by atoms with Crippen LogP contribution in [0.2, 0.25) is 0 Å². The number of furan rings is 1. The molecule has 3 fully saturated rings. The predicted octanol–water partition coefficient (Wildman–Crippen LogP) is 3.24. The Bertz CT molecular complexity index is 606. The molecule has 3 heterocycles. The predicted molar refractivity (Wildman–Crippen MR) is 106 cm³/mol. The zero-order valence-corrected chi connectivity index (χ0v) is 17.3. The highest BCUT2D eigenvalue weighted by Gasteiger charge is 2.48. The summed E-state index contributed by atoms with van der Waals surface area (Å²) >= 11 is 0. The van der Waals surface area contributed by atoms with Crippen LogP contribution >= 0.6 is 0 Å². The van der Waals surface area contributed by atoms with Crippen molar-refractivity contribution in [1.29, 1.82) is 0 Å². The lowest BCUT2D eigenvalue weighted by Crippen LogP contribution is -2.56. The van der Waals surface area contributed by atoms with E-state index < -0.39 is 0 Å². The monoisotopic (exact) mass is 376 g/mol. The molecule has 0 aromatic carbocycles. The summed E-state index contributed by atoms with van der Waals surface area (Å²) in [6, 6.07) is 2.95. The summed E-state index contributed by atoms with van der Waals surface area (Å²) in [4.78, 5) is 5.28. The SMILES string of the molecule is COC[C@]12CC[C@H](N3CCOCC3)C[C@@H]1CCN(Cc1cc(C)c(C)o1)C2. The van der Waals surface area contributed by atoms with Gasteiger partial charge in [0.25, 0.3) is 0 Å². The van der Waals surface area contributed by atoms with E-state index >= 15 is 0 Å². The van der Waals surface area contributed by atoms with Crippen LogP contribution in [0, 0.1) is 25.2 Å². The number of hydrogen-bond donors (Lipinski definition) is 0. The van der Waals surface area contributed by atoms with E-state index in [1.54, 1.807) is 0 Å². The Hall–Kier alpha value is -0.880. The van der Waals surface area contributed by atoms with Crippen molar-refractivity contribution in [2.24, 2.45) is 11.3 Å². The lowest BCUT2D eigenvalue weighted by Gasteiger charge is -2.54. The third-order valence-corrected chi connectivity index (χ3v) is 7.32. The average Bonchev–Trinajstić information content (AvgIpc) is 2.99. The van der Waals surface area contributed by atoms with Crippen molar-refractivity contribution >= 4 is 0 Å². The molecule has 1 aliphatic carbocycles. The summed E-state index contributed by atoms with van der Waals surface area (Å²) < 4.78 is 17.3. The Balaban J connectivity index is 1.42. The maximum Gasteiger partial charge on any atom is 0.118 e. The van der Waals surface area contributed by atoms with Gasteiger partial charge in [0, 0.05) is 38.2 Å². The van der Waals surface area contributed by atoms with Crippen molar-refractivity contribution in [2.45, 2.75) is 52.1 Å². The van der Waals surface area contributed by atoms with E-state index in [1.165, 1.54) is 37.8 Å². The minimum atomic E-state index is 0.312. The molecular formula is C22H36N2O3. The molecule has 5 heteroatoms. The second-order valence-electron chi connectivity index (χ2n) is 9.02. The van der Waals surface area contributed by atoms with Gasteiger partial charge < -0.3 is 13.9 Å². The summed E-state index contributed by atoms with van der Waals surface area (Å²) in [5.74, 6) is 2.94. The van der Waals surface area contributed by atoms with Crippen LogP contribution in [0.4, 0.5) is 0 Å². The molecular weight excluding hydrogens is 340 g/mol. The zero-order valence-electron chi connectivity index (χ0n) is 17.3. The van der Waals surface area contributed by atoms with Crippen LogP contribution in [0.15, 0.2) is 10.5 Å². The molecule has 0 radical (unpaired) electrons. The molecule has 1 saturated carbocycles. The van der Waals surface area contributed by atoms with E-state index in [4.69, 9.17) is 13.9 Å². The van der Waals surface area contributed by atoms with Crippen LogP contribution in [-0.2, 0) is 16.0 Å². The number of methoxy groups -OCH3 is 1. The molecule has 0 spiro atoms. The standard InChI is InChI=1S/C22H36N2O3/c1-17-12-21(27-18(17)2)14-23-7-5-19-13-20(24-8-10-26-11-9-24)4-6-22(19,15-23)16-25-3/h12,19-20H,4-11,13-16H2,1-3H3/t19-,20-,22+/m0/s1. The Morgan fingerprint density at radius 3 is 2.70 bits per heavy atom. The van der Waals surface area contributed by atoms with Crippen LogP contribution in [0.5, 0.6) is 0 Å². The Morgan fingerprint density at radius 1 is 1.19 bits per heavy atom. The van der Waals surface area contributed by atoms with Gasteiger partial charge in [-0.25, -0.2) is 0 Å². The van der Waals surface area contributed by atoms with Crippen LogP contribution < -0.4 is 0 Å². The molecule has 5 nitrogen and oxygen atoms in total. The average molecular weight is 377 g/mol. The third-order valence-electron chi connectivity index (χ3n) is 7.32. The van der Waals surface area contributed by atoms with E-state index in [0.717, 1.165) is 69.5 Å². The fourth-order valence-corrected chi connectivity index (χ4v) is 5.73. The summed E-state index contributed by atoms with van der Waals surface area (Å²) in [6.45, 7) is 12.3. The van der Waals surface area contributed by atoms with E-state index in [9.17, 15) is 0 Å². The molecule has 27 heavy (non-hydrogen) atoms. The Morgan fingerprint density at radius 2 is 2.00 bits per heavy atom. The van der Waals surface area contributed by atoms with Crippen LogP contribution in [0.3, 0.4) is 0 Å². The van der Waals surface area contributed by atoms with E-state index in [1.807, 2.05) is 7.11 Å². The first-order chi connectivity index (χ1) is 13.1. The van der Waals surface area contributed by atoms with E-state index in [-0.39, 0.29) is 0 Å². The first-order valence-corrected chi connectivity index (χ1v) is 10.7. The van der Waals surface area contributed by atoms with Crippen molar-refractivity contribution in [1.82, 2.24) is 9.80 Å². The quantitative estimate of drug-likeness (QED) is 0.789. The van der Waals surface area contributed by atoms with Gasteiger partial charge in [0.1, 0.15) is 11.5 Å². The number of rotatable bonds is 5. The van der Waals surface area contributed by atoms with Gasteiger partial charge >= 0.3 is 0 Å². The fourth-order valence-electron chi connectivity index (χ4n) is 5.73. The number of morpholine rings is 1. The van der Waals surface area contributed by atoms with Crippen molar-refractivity contribution in [3.63, 3.8) is 0 Å². The largest absolute Gasteiger partial charge is 0.465 e. The van der Waals surface area contributed by atoms with Gasteiger partial charge in [0.15, 0.2) is 0 Å². The minimum Gasteiger partial charge on any atom is -0.465 e. The minimum absolute atomic E-state index is 0.312. The lowest BCUT2D eigenvalue weighted by molar-refractivity contribution is -0.0879. The van der Waals surface area contributed by atoms with Gasteiger partial charge in [0.05, 0.1) is 26.4 Å². The molecule has 1 aromatic heterocycles. The fraction of sp³-hybridized carbons (Fsp3) is 0.818. The highest BCUT2D eigenvalue weighted by atomic mass is 16.5. The van der Waals surface area contributed by atoms with Crippen molar-refractivity contribution in [2.75, 3.05) is 53.1 Å². The second kappa shape index (κ2) is 8.24. The molecule has 3 atom stereocenters. The van der Waals surface area contributed by atoms with Crippen LogP contribution in [0.25, 0.3) is 0 Å². The molecule has 2 saturated heterocycles. The van der Waals surface area contributed by atoms with Gasteiger partial charge in [-0.3, -0.25) is 9.80 Å². The molecule has 4 rings (SSSR count). The topological polar surface area (TPSA) is 38.1 Å². The van der Waals surface area contributed by atoms with E-state index in [2.05, 4.69) is 29.7 Å². The number of nitrogens with zero attached hydrogens (tertiary/aromatic N) is 2. The van der Waals surface area contributed by atoms with Crippen molar-refractivity contribution < 1.29 is 13.9 Å². The van der Waals surface area contributed by atoms with Crippen LogP contribution in [-0.4, -0.2) is 69.0 Å². The summed E-state index contributed by atoms with van der Waals surface area (Å²) in [6.07, 6.45) is 5.19. The zero-order chi connectivity index (χ0) is 18.9. The number of likely N-dealkylation sites (tertiary alicyclic amines) is 1. The molecule has 3 aliphatic rings. The molecule has 0 amide bonds. The molecule has 0 N–H and O–H groups in total. The van der Waals surface area contributed by atoms with Gasteiger partial charge in [-0.1, -0.05) is 0 Å². The Labute approximate surface area is 164 Å². The number of piperidine rings is 1. The summed E-state index contributed by atoms with van der Waals surface area (Å²) in [5.41, 5.74) is 1.57. The number of aryl methyl sites for hydroxylation is 2. The van der Waals surface area contributed by atoms with Gasteiger partial charge in [0.2, 0.25) is 0 Å². The third kappa shape index (κ3) is 4.12. The van der Waals surface area contributed by atoms with Gasteiger partial charge in [-0.2, -0.15) is 0 Å². The van der Waals surface area contributed by atoms with Crippen molar-refractivity contribution in [3.05, 3.63) is 23.2 Å². The van der Waals surface area contributed by atoms with Gasteiger partial charge in [-0.05, 0) is 63.6 Å². The molecule has 2 aliphatic heterocycles. The first-order valence-electron chi connectivity index (χ1n) is 10.7. The summed E-state index contributed by atoms with van der Waals surface area (Å²) in [7, 11) is 1.87. The van der Waals surface area contributed by atoms with Crippen molar-refractivity contribution in [3.8, 4) is 0 Å².